The third-order valence-electron chi connectivity index (χ3n) is 4.10. The standard InChI is InChI=1S/C20H23ClN2O3/c1-14(20(25)22-18-6-4-5-16(13-18)15(2)24)23(3)11-12-26-19-9-7-17(21)8-10-19/h4-10,13-14H,11-12H2,1-3H3,(H,22,25)/t14-/m0/s1. The highest BCUT2D eigenvalue weighted by Crippen LogP contribution is 2.16. The van der Waals surface area contributed by atoms with E-state index in [0.717, 1.165) is 5.75 Å². The van der Waals surface area contributed by atoms with Crippen LogP contribution in [0.25, 0.3) is 0 Å². The van der Waals surface area contributed by atoms with Crippen LogP contribution in [0.1, 0.15) is 24.2 Å². The van der Waals surface area contributed by atoms with Crippen molar-refractivity contribution in [3.05, 3.63) is 59.1 Å². The van der Waals surface area contributed by atoms with Crippen LogP contribution in [0, 0.1) is 0 Å². The van der Waals surface area contributed by atoms with Crippen molar-refractivity contribution in [2.24, 2.45) is 0 Å². The number of likely N-dealkylation sites (N-methyl/N-ethyl adjacent to an activating group) is 1. The Hall–Kier alpha value is -2.37. The van der Waals surface area contributed by atoms with Gasteiger partial charge in [0.15, 0.2) is 5.78 Å². The molecule has 26 heavy (non-hydrogen) atoms. The molecule has 2 rings (SSSR count). The summed E-state index contributed by atoms with van der Waals surface area (Å²) in [6, 6.07) is 13.7. The summed E-state index contributed by atoms with van der Waals surface area (Å²) in [5.41, 5.74) is 1.18. The van der Waals surface area contributed by atoms with Gasteiger partial charge in [-0.05, 0) is 57.3 Å². The third-order valence-corrected chi connectivity index (χ3v) is 4.36. The smallest absolute Gasteiger partial charge is 0.241 e. The van der Waals surface area contributed by atoms with Crippen LogP contribution in [0.15, 0.2) is 48.5 Å². The molecule has 2 aromatic carbocycles. The minimum absolute atomic E-state index is 0.0365. The summed E-state index contributed by atoms with van der Waals surface area (Å²) in [4.78, 5) is 25.8. The number of rotatable bonds is 8. The van der Waals surface area contributed by atoms with Crippen LogP contribution < -0.4 is 10.1 Å². The van der Waals surface area contributed by atoms with E-state index >= 15 is 0 Å². The lowest BCUT2D eigenvalue weighted by Crippen LogP contribution is -2.41. The number of nitrogens with one attached hydrogen (secondary N) is 1. The van der Waals surface area contributed by atoms with Crippen molar-refractivity contribution in [3.8, 4) is 5.75 Å². The minimum atomic E-state index is -0.343. The maximum absolute atomic E-state index is 12.4. The van der Waals surface area contributed by atoms with E-state index in [9.17, 15) is 9.59 Å². The highest BCUT2D eigenvalue weighted by Gasteiger charge is 2.18. The first-order chi connectivity index (χ1) is 12.4. The molecule has 0 aliphatic rings. The van der Waals surface area contributed by atoms with Gasteiger partial charge >= 0.3 is 0 Å². The molecular weight excluding hydrogens is 352 g/mol. The topological polar surface area (TPSA) is 58.6 Å². The van der Waals surface area contributed by atoms with Gasteiger partial charge in [0.1, 0.15) is 12.4 Å². The summed E-state index contributed by atoms with van der Waals surface area (Å²) < 4.78 is 5.65. The molecule has 0 fully saturated rings. The average molecular weight is 375 g/mol. The van der Waals surface area contributed by atoms with E-state index in [1.807, 2.05) is 18.9 Å². The van der Waals surface area contributed by atoms with Crippen LogP contribution in [0.3, 0.4) is 0 Å². The molecule has 0 aliphatic carbocycles. The van der Waals surface area contributed by atoms with Crippen LogP contribution in [0.2, 0.25) is 5.02 Å². The summed E-state index contributed by atoms with van der Waals surface area (Å²) in [5.74, 6) is 0.561. The van der Waals surface area contributed by atoms with Gasteiger partial charge in [-0.1, -0.05) is 23.7 Å². The number of ketones is 1. The number of carbonyl (C=O) groups is 2. The van der Waals surface area contributed by atoms with Crippen molar-refractivity contribution >= 4 is 29.0 Å². The number of nitrogens with zero attached hydrogens (tertiary/aromatic N) is 1. The Morgan fingerprint density at radius 3 is 2.54 bits per heavy atom. The molecular formula is C20H23ClN2O3. The molecule has 2 aromatic rings. The summed E-state index contributed by atoms with van der Waals surface area (Å²) in [6.45, 7) is 4.37. The number of carbonyl (C=O) groups excluding carboxylic acids is 2. The first-order valence-corrected chi connectivity index (χ1v) is 8.75. The molecule has 0 saturated carbocycles. The van der Waals surface area contributed by atoms with Gasteiger partial charge in [0.2, 0.25) is 5.91 Å². The van der Waals surface area contributed by atoms with Crippen LogP contribution in [0.5, 0.6) is 5.75 Å². The quantitative estimate of drug-likeness (QED) is 0.712. The van der Waals surface area contributed by atoms with Crippen molar-refractivity contribution in [2.75, 3.05) is 25.5 Å². The monoisotopic (exact) mass is 374 g/mol. The Morgan fingerprint density at radius 1 is 1.19 bits per heavy atom. The van der Waals surface area contributed by atoms with Crippen molar-refractivity contribution < 1.29 is 14.3 Å². The fourth-order valence-corrected chi connectivity index (χ4v) is 2.42. The number of halogens is 1. The van der Waals surface area contributed by atoms with Crippen molar-refractivity contribution in [1.82, 2.24) is 4.90 Å². The van der Waals surface area contributed by atoms with Gasteiger partial charge in [-0.2, -0.15) is 0 Å². The summed E-state index contributed by atoms with van der Waals surface area (Å²) in [7, 11) is 1.86. The molecule has 5 nitrogen and oxygen atoms in total. The lowest BCUT2D eigenvalue weighted by atomic mass is 10.1. The lowest BCUT2D eigenvalue weighted by molar-refractivity contribution is -0.120. The highest BCUT2D eigenvalue weighted by atomic mass is 35.5. The summed E-state index contributed by atoms with van der Waals surface area (Å²) >= 11 is 5.84. The van der Waals surface area contributed by atoms with Crippen molar-refractivity contribution in [2.45, 2.75) is 19.9 Å². The first-order valence-electron chi connectivity index (χ1n) is 8.37. The molecule has 0 aromatic heterocycles. The molecule has 0 spiro atoms. The maximum atomic E-state index is 12.4. The van der Waals surface area contributed by atoms with E-state index in [4.69, 9.17) is 16.3 Å². The molecule has 0 saturated heterocycles. The van der Waals surface area contributed by atoms with Gasteiger partial charge in [-0.15, -0.1) is 0 Å². The minimum Gasteiger partial charge on any atom is -0.492 e. The fraction of sp³-hybridized carbons (Fsp3) is 0.300. The molecule has 1 amide bonds. The molecule has 0 radical (unpaired) electrons. The number of anilines is 1. The van der Waals surface area contributed by atoms with Gasteiger partial charge in [0, 0.05) is 22.8 Å². The Kier molecular flexibility index (Phi) is 7.18. The van der Waals surface area contributed by atoms with Gasteiger partial charge < -0.3 is 10.1 Å². The van der Waals surface area contributed by atoms with Gasteiger partial charge in [-0.3, -0.25) is 14.5 Å². The number of amides is 1. The van der Waals surface area contributed by atoms with Gasteiger partial charge in [-0.25, -0.2) is 0 Å². The highest BCUT2D eigenvalue weighted by molar-refractivity contribution is 6.30. The maximum Gasteiger partial charge on any atom is 0.241 e. The molecule has 1 N–H and O–H groups in total. The Bertz CT molecular complexity index is 762. The van der Waals surface area contributed by atoms with Crippen LogP contribution in [0.4, 0.5) is 5.69 Å². The largest absolute Gasteiger partial charge is 0.492 e. The zero-order valence-electron chi connectivity index (χ0n) is 15.2. The molecule has 0 aliphatic heterocycles. The van der Waals surface area contributed by atoms with E-state index in [0.29, 0.717) is 29.4 Å². The Balaban J connectivity index is 1.83. The number of ether oxygens (including phenoxy) is 1. The van der Waals surface area contributed by atoms with E-state index < -0.39 is 0 Å². The lowest BCUT2D eigenvalue weighted by Gasteiger charge is -2.24. The molecule has 1 atom stereocenters. The first kappa shape index (κ1) is 19.9. The summed E-state index contributed by atoms with van der Waals surface area (Å²) in [6.07, 6.45) is 0. The number of Topliss-reactive ketones (excluding diaryl/α,β-unsaturated/α-hetero) is 1. The molecule has 138 valence electrons. The van der Waals surface area contributed by atoms with Crippen LogP contribution >= 0.6 is 11.6 Å². The zero-order chi connectivity index (χ0) is 19.1. The van der Waals surface area contributed by atoms with E-state index in [2.05, 4.69) is 5.32 Å². The second kappa shape index (κ2) is 9.36. The number of hydrogen-bond acceptors (Lipinski definition) is 4. The predicted octanol–water partition coefficient (Wildman–Crippen LogP) is 3.88. The normalized spacial score (nSPS) is 11.9. The average Bonchev–Trinajstić information content (AvgIpc) is 2.62. The molecule has 0 heterocycles. The zero-order valence-corrected chi connectivity index (χ0v) is 15.9. The van der Waals surface area contributed by atoms with E-state index in [1.54, 1.807) is 48.5 Å². The van der Waals surface area contributed by atoms with Crippen LogP contribution in [-0.4, -0.2) is 42.8 Å². The third kappa shape index (κ3) is 5.86. The SMILES string of the molecule is CC(=O)c1cccc(NC(=O)[C@H](C)N(C)CCOc2ccc(Cl)cc2)c1. The van der Waals surface area contributed by atoms with Crippen LogP contribution in [-0.2, 0) is 4.79 Å². The van der Waals surface area contributed by atoms with Crippen molar-refractivity contribution in [3.63, 3.8) is 0 Å². The van der Waals surface area contributed by atoms with Crippen molar-refractivity contribution in [1.29, 1.82) is 0 Å². The second-order valence-corrected chi connectivity index (χ2v) is 6.52. The Labute approximate surface area is 158 Å². The van der Waals surface area contributed by atoms with Gasteiger partial charge in [0.05, 0.1) is 6.04 Å². The molecule has 6 heteroatoms. The van der Waals surface area contributed by atoms with E-state index in [-0.39, 0.29) is 17.7 Å². The molecule has 0 bridgehead atoms. The summed E-state index contributed by atoms with van der Waals surface area (Å²) in [5, 5.41) is 3.50. The Morgan fingerprint density at radius 2 is 1.88 bits per heavy atom. The second-order valence-electron chi connectivity index (χ2n) is 6.09. The number of hydrogen-bond donors (Lipinski definition) is 1. The van der Waals surface area contributed by atoms with E-state index in [1.165, 1.54) is 6.92 Å². The van der Waals surface area contributed by atoms with Gasteiger partial charge in [0.25, 0.3) is 0 Å². The molecule has 0 unspecified atom stereocenters. The predicted molar refractivity (Wildman–Crippen MR) is 104 cm³/mol. The fourth-order valence-electron chi connectivity index (χ4n) is 2.29. The number of benzene rings is 2.